The molecule has 0 aromatic carbocycles. The van der Waals surface area contributed by atoms with E-state index in [1.165, 1.54) is 18.4 Å². The normalized spacial score (nSPS) is 9.89. The lowest BCUT2D eigenvalue weighted by Gasteiger charge is -1.90. The second-order valence-electron chi connectivity index (χ2n) is 1.96. The number of hydrogen-bond donors (Lipinski definition) is 1. The van der Waals surface area contributed by atoms with Gasteiger partial charge in [-0.05, 0) is 41.0 Å². The summed E-state index contributed by atoms with van der Waals surface area (Å²) >= 11 is 5.90. The number of thiophene rings is 1. The van der Waals surface area contributed by atoms with Crippen molar-refractivity contribution >= 4 is 24.0 Å². The summed E-state index contributed by atoms with van der Waals surface area (Å²) in [6, 6.07) is 2.17. The standard InChI is InChI=1S/C7H10S2/c8-4-1-2-7-3-5-9-6-7/h3,5-6,8H,1-2,4H2. The molecule has 9 heavy (non-hydrogen) atoms. The summed E-state index contributed by atoms with van der Waals surface area (Å²) in [5.41, 5.74) is 1.45. The van der Waals surface area contributed by atoms with Crippen LogP contribution >= 0.6 is 24.0 Å². The van der Waals surface area contributed by atoms with E-state index in [9.17, 15) is 0 Å². The molecule has 0 atom stereocenters. The molecule has 0 saturated carbocycles. The van der Waals surface area contributed by atoms with E-state index in [1.807, 2.05) is 0 Å². The van der Waals surface area contributed by atoms with Crippen LogP contribution in [0.3, 0.4) is 0 Å². The molecule has 0 aliphatic rings. The minimum atomic E-state index is 0.996. The molecule has 50 valence electrons. The zero-order valence-corrected chi connectivity index (χ0v) is 6.92. The van der Waals surface area contributed by atoms with E-state index in [2.05, 4.69) is 29.5 Å². The molecular weight excluding hydrogens is 148 g/mol. The van der Waals surface area contributed by atoms with Gasteiger partial charge in [-0.25, -0.2) is 0 Å². The van der Waals surface area contributed by atoms with Crippen LogP contribution in [0, 0.1) is 0 Å². The Bertz CT molecular complexity index is 144. The zero-order chi connectivity index (χ0) is 6.53. The van der Waals surface area contributed by atoms with E-state index in [0.29, 0.717) is 0 Å². The maximum absolute atomic E-state index is 4.14. The van der Waals surface area contributed by atoms with Crippen molar-refractivity contribution in [1.29, 1.82) is 0 Å². The summed E-state index contributed by atoms with van der Waals surface area (Å²) < 4.78 is 0. The van der Waals surface area contributed by atoms with E-state index in [-0.39, 0.29) is 0 Å². The molecule has 0 amide bonds. The Morgan fingerprint density at radius 3 is 3.00 bits per heavy atom. The molecule has 0 nitrogen and oxygen atoms in total. The first-order chi connectivity index (χ1) is 4.43. The molecule has 0 aliphatic heterocycles. The molecule has 0 aliphatic carbocycles. The quantitative estimate of drug-likeness (QED) is 0.642. The summed E-state index contributed by atoms with van der Waals surface area (Å²) in [6.07, 6.45) is 2.38. The Balaban J connectivity index is 2.30. The van der Waals surface area contributed by atoms with Gasteiger partial charge in [-0.3, -0.25) is 0 Å². The number of hydrogen-bond acceptors (Lipinski definition) is 2. The van der Waals surface area contributed by atoms with Crippen LogP contribution in [0.5, 0.6) is 0 Å². The topological polar surface area (TPSA) is 0 Å². The highest BCUT2D eigenvalue weighted by Gasteiger charge is 1.89. The maximum atomic E-state index is 4.14. The molecule has 1 rings (SSSR count). The van der Waals surface area contributed by atoms with Crippen LogP contribution in [-0.2, 0) is 6.42 Å². The first-order valence-corrected chi connectivity index (χ1v) is 4.63. The summed E-state index contributed by atoms with van der Waals surface area (Å²) in [4.78, 5) is 0. The molecule has 1 aromatic heterocycles. The van der Waals surface area contributed by atoms with Gasteiger partial charge in [0, 0.05) is 0 Å². The lowest BCUT2D eigenvalue weighted by atomic mass is 10.2. The fourth-order valence-electron chi connectivity index (χ4n) is 0.718. The Kier molecular flexibility index (Phi) is 3.15. The molecule has 0 spiro atoms. The summed E-state index contributed by atoms with van der Waals surface area (Å²) in [5.74, 6) is 0.996. The summed E-state index contributed by atoms with van der Waals surface area (Å²) in [5, 5.41) is 4.32. The third-order valence-electron chi connectivity index (χ3n) is 1.20. The highest BCUT2D eigenvalue weighted by atomic mass is 32.1. The smallest absolute Gasteiger partial charge is 0.00613 e. The molecule has 2 heteroatoms. The Hall–Kier alpha value is 0.0500. The molecule has 0 fully saturated rings. The minimum absolute atomic E-state index is 0.996. The molecule has 0 bridgehead atoms. The molecule has 0 radical (unpaired) electrons. The number of aryl methyl sites for hydroxylation is 1. The minimum Gasteiger partial charge on any atom is -0.179 e. The van der Waals surface area contributed by atoms with Gasteiger partial charge in [0.05, 0.1) is 0 Å². The largest absolute Gasteiger partial charge is 0.179 e. The molecule has 1 aromatic rings. The van der Waals surface area contributed by atoms with Crippen LogP contribution in [0.25, 0.3) is 0 Å². The molecular formula is C7H10S2. The Morgan fingerprint density at radius 2 is 2.44 bits per heavy atom. The van der Waals surface area contributed by atoms with Crippen LogP contribution in [0.4, 0.5) is 0 Å². The van der Waals surface area contributed by atoms with Crippen molar-refractivity contribution in [2.75, 3.05) is 5.75 Å². The van der Waals surface area contributed by atoms with E-state index in [0.717, 1.165) is 5.75 Å². The van der Waals surface area contributed by atoms with Crippen LogP contribution < -0.4 is 0 Å². The second kappa shape index (κ2) is 3.96. The van der Waals surface area contributed by atoms with Gasteiger partial charge in [-0.15, -0.1) is 0 Å². The average molecular weight is 158 g/mol. The van der Waals surface area contributed by atoms with Gasteiger partial charge in [-0.2, -0.15) is 24.0 Å². The van der Waals surface area contributed by atoms with Crippen molar-refractivity contribution in [3.63, 3.8) is 0 Å². The fourth-order valence-corrected chi connectivity index (χ4v) is 1.58. The first-order valence-electron chi connectivity index (χ1n) is 3.05. The molecule has 1 heterocycles. The second-order valence-corrected chi connectivity index (χ2v) is 3.19. The SMILES string of the molecule is SCCCc1ccsc1. The van der Waals surface area contributed by atoms with Gasteiger partial charge in [-0.1, -0.05) is 0 Å². The first kappa shape index (κ1) is 7.16. The van der Waals surface area contributed by atoms with Crippen LogP contribution in [0.15, 0.2) is 16.8 Å². The zero-order valence-electron chi connectivity index (χ0n) is 5.21. The van der Waals surface area contributed by atoms with Crippen molar-refractivity contribution in [3.8, 4) is 0 Å². The van der Waals surface area contributed by atoms with Crippen molar-refractivity contribution in [3.05, 3.63) is 22.4 Å². The van der Waals surface area contributed by atoms with E-state index < -0.39 is 0 Å². The highest BCUT2D eigenvalue weighted by molar-refractivity contribution is 7.80. The van der Waals surface area contributed by atoms with Crippen LogP contribution in [0.2, 0.25) is 0 Å². The van der Waals surface area contributed by atoms with Crippen LogP contribution in [-0.4, -0.2) is 5.75 Å². The van der Waals surface area contributed by atoms with E-state index in [4.69, 9.17) is 0 Å². The van der Waals surface area contributed by atoms with E-state index in [1.54, 1.807) is 11.3 Å². The van der Waals surface area contributed by atoms with Gasteiger partial charge in [0.1, 0.15) is 0 Å². The fraction of sp³-hybridized carbons (Fsp3) is 0.429. The van der Waals surface area contributed by atoms with Crippen molar-refractivity contribution in [1.82, 2.24) is 0 Å². The lowest BCUT2D eigenvalue weighted by Crippen LogP contribution is -1.80. The third-order valence-corrected chi connectivity index (χ3v) is 2.25. The van der Waals surface area contributed by atoms with Gasteiger partial charge in [0.15, 0.2) is 0 Å². The number of thiol groups is 1. The van der Waals surface area contributed by atoms with Gasteiger partial charge in [0.25, 0.3) is 0 Å². The summed E-state index contributed by atoms with van der Waals surface area (Å²) in [7, 11) is 0. The third kappa shape index (κ3) is 2.41. The van der Waals surface area contributed by atoms with Crippen molar-refractivity contribution in [2.45, 2.75) is 12.8 Å². The molecule has 0 unspecified atom stereocenters. The van der Waals surface area contributed by atoms with Gasteiger partial charge >= 0.3 is 0 Å². The molecule has 0 N–H and O–H groups in total. The Morgan fingerprint density at radius 1 is 1.56 bits per heavy atom. The van der Waals surface area contributed by atoms with Crippen molar-refractivity contribution in [2.24, 2.45) is 0 Å². The highest BCUT2D eigenvalue weighted by Crippen LogP contribution is 2.08. The molecule has 0 saturated heterocycles. The van der Waals surface area contributed by atoms with E-state index >= 15 is 0 Å². The predicted molar refractivity (Wildman–Crippen MR) is 46.5 cm³/mol. The lowest BCUT2D eigenvalue weighted by molar-refractivity contribution is 0.941. The Labute approximate surface area is 65.3 Å². The average Bonchev–Trinajstić information content (AvgIpc) is 2.34. The van der Waals surface area contributed by atoms with Crippen LogP contribution in [0.1, 0.15) is 12.0 Å². The maximum Gasteiger partial charge on any atom is -0.00613 e. The number of rotatable bonds is 3. The van der Waals surface area contributed by atoms with Gasteiger partial charge in [0.2, 0.25) is 0 Å². The monoisotopic (exact) mass is 158 g/mol. The van der Waals surface area contributed by atoms with Gasteiger partial charge < -0.3 is 0 Å². The predicted octanol–water partition coefficient (Wildman–Crippen LogP) is 2.61. The van der Waals surface area contributed by atoms with Crippen molar-refractivity contribution < 1.29 is 0 Å². The summed E-state index contributed by atoms with van der Waals surface area (Å²) in [6.45, 7) is 0.